The molecule has 18 heavy (non-hydrogen) atoms. The molecule has 0 saturated heterocycles. The lowest BCUT2D eigenvalue weighted by Gasteiger charge is -2.01. The molecule has 0 aliphatic carbocycles. The van der Waals surface area contributed by atoms with Crippen LogP contribution in [0, 0.1) is 0 Å². The molecule has 3 N–H and O–H groups in total. The molecular weight excluding hydrogens is 252 g/mol. The van der Waals surface area contributed by atoms with Crippen molar-refractivity contribution in [2.75, 3.05) is 12.3 Å². The van der Waals surface area contributed by atoms with Crippen molar-refractivity contribution in [3.63, 3.8) is 0 Å². The molecule has 1 heterocycles. The second-order valence-electron chi connectivity index (χ2n) is 3.54. The third-order valence-electron chi connectivity index (χ3n) is 2.31. The zero-order valence-electron chi connectivity index (χ0n) is 9.71. The normalized spacial score (nSPS) is 10.3. The first kappa shape index (κ1) is 12.4. The van der Waals surface area contributed by atoms with Crippen LogP contribution in [0.1, 0.15) is 16.6 Å². The van der Waals surface area contributed by atoms with Crippen molar-refractivity contribution in [3.8, 4) is 17.0 Å². The van der Waals surface area contributed by atoms with Crippen molar-refractivity contribution in [1.82, 2.24) is 4.37 Å². The molecule has 6 heteroatoms. The van der Waals surface area contributed by atoms with Crippen LogP contribution < -0.4 is 5.73 Å². The number of phenols is 1. The van der Waals surface area contributed by atoms with Gasteiger partial charge in [-0.25, -0.2) is 4.79 Å². The van der Waals surface area contributed by atoms with E-state index in [1.807, 2.05) is 0 Å². The van der Waals surface area contributed by atoms with E-state index in [4.69, 9.17) is 10.5 Å². The van der Waals surface area contributed by atoms with Gasteiger partial charge in [0.15, 0.2) is 4.88 Å². The zero-order chi connectivity index (χ0) is 13.1. The maximum Gasteiger partial charge on any atom is 0.352 e. The summed E-state index contributed by atoms with van der Waals surface area (Å²) in [6.45, 7) is 2.02. The topological polar surface area (TPSA) is 85.4 Å². The minimum Gasteiger partial charge on any atom is -0.508 e. The van der Waals surface area contributed by atoms with Gasteiger partial charge < -0.3 is 15.6 Å². The van der Waals surface area contributed by atoms with Gasteiger partial charge in [0, 0.05) is 5.56 Å². The number of nitrogens with zero attached hydrogens (tertiary/aromatic N) is 1. The van der Waals surface area contributed by atoms with Crippen LogP contribution >= 0.6 is 11.5 Å². The van der Waals surface area contributed by atoms with Crippen LogP contribution in [-0.4, -0.2) is 22.1 Å². The maximum absolute atomic E-state index is 11.6. The van der Waals surface area contributed by atoms with Gasteiger partial charge in [0.25, 0.3) is 0 Å². The summed E-state index contributed by atoms with van der Waals surface area (Å²) in [5, 5.41) is 9.41. The second kappa shape index (κ2) is 5.05. The minimum absolute atomic E-state index is 0.123. The van der Waals surface area contributed by atoms with Crippen LogP contribution in [0.3, 0.4) is 0 Å². The SMILES string of the molecule is CCOC(=O)c1snc(-c2cccc(O)c2)c1N. The first-order valence-electron chi connectivity index (χ1n) is 5.35. The lowest BCUT2D eigenvalue weighted by Crippen LogP contribution is -2.05. The van der Waals surface area contributed by atoms with Gasteiger partial charge in [0.1, 0.15) is 11.4 Å². The van der Waals surface area contributed by atoms with Crippen LogP contribution in [-0.2, 0) is 4.74 Å². The summed E-state index contributed by atoms with van der Waals surface area (Å²) < 4.78 is 9.02. The molecule has 0 unspecified atom stereocenters. The second-order valence-corrected chi connectivity index (χ2v) is 4.32. The Hall–Kier alpha value is -2.08. The van der Waals surface area contributed by atoms with Gasteiger partial charge in [-0.15, -0.1) is 0 Å². The monoisotopic (exact) mass is 264 g/mol. The summed E-state index contributed by atoms with van der Waals surface area (Å²) in [5.41, 5.74) is 7.31. The third kappa shape index (κ3) is 2.28. The van der Waals surface area contributed by atoms with E-state index in [1.54, 1.807) is 31.2 Å². The number of nitrogen functional groups attached to an aromatic ring is 1. The zero-order valence-corrected chi connectivity index (χ0v) is 10.5. The molecule has 0 aliphatic heterocycles. The lowest BCUT2D eigenvalue weighted by atomic mass is 10.1. The Morgan fingerprint density at radius 3 is 3.00 bits per heavy atom. The summed E-state index contributed by atoms with van der Waals surface area (Å²) in [5.74, 6) is -0.350. The standard InChI is InChI=1S/C12H12N2O3S/c1-2-17-12(16)11-9(13)10(14-18-11)7-4-3-5-8(15)6-7/h3-6,15H,2,13H2,1H3. The van der Waals surface area contributed by atoms with Gasteiger partial charge in [-0.1, -0.05) is 12.1 Å². The summed E-state index contributed by atoms with van der Waals surface area (Å²) in [6.07, 6.45) is 0. The maximum atomic E-state index is 11.6. The molecule has 94 valence electrons. The third-order valence-corrected chi connectivity index (χ3v) is 3.15. The molecular formula is C12H12N2O3S. The molecule has 0 bridgehead atoms. The van der Waals surface area contributed by atoms with Gasteiger partial charge in [-0.2, -0.15) is 4.37 Å². The van der Waals surface area contributed by atoms with Gasteiger partial charge in [0.05, 0.1) is 12.3 Å². The highest BCUT2D eigenvalue weighted by Gasteiger charge is 2.19. The predicted molar refractivity (Wildman–Crippen MR) is 69.6 cm³/mol. The fraction of sp³-hybridized carbons (Fsp3) is 0.167. The van der Waals surface area contributed by atoms with Gasteiger partial charge in [-0.3, -0.25) is 0 Å². The molecule has 1 aromatic heterocycles. The Balaban J connectivity index is 2.39. The van der Waals surface area contributed by atoms with E-state index < -0.39 is 5.97 Å². The van der Waals surface area contributed by atoms with E-state index in [0.29, 0.717) is 11.3 Å². The lowest BCUT2D eigenvalue weighted by molar-refractivity contribution is 0.0533. The highest BCUT2D eigenvalue weighted by molar-refractivity contribution is 7.09. The summed E-state index contributed by atoms with van der Waals surface area (Å²) >= 11 is 0.994. The van der Waals surface area contributed by atoms with Gasteiger partial charge >= 0.3 is 5.97 Å². The largest absolute Gasteiger partial charge is 0.508 e. The number of aromatic nitrogens is 1. The van der Waals surface area contributed by atoms with Crippen molar-refractivity contribution < 1.29 is 14.6 Å². The number of phenolic OH excluding ortho intramolecular Hbond substituents is 1. The number of anilines is 1. The van der Waals surface area contributed by atoms with Crippen LogP contribution in [0.5, 0.6) is 5.75 Å². The number of hydrogen-bond donors (Lipinski definition) is 2. The molecule has 0 aliphatic rings. The van der Waals surface area contributed by atoms with Crippen LogP contribution in [0.4, 0.5) is 5.69 Å². The van der Waals surface area contributed by atoms with E-state index in [2.05, 4.69) is 4.37 Å². The van der Waals surface area contributed by atoms with Crippen LogP contribution in [0.2, 0.25) is 0 Å². The Morgan fingerprint density at radius 1 is 1.56 bits per heavy atom. The number of carbonyl (C=O) groups excluding carboxylic acids is 1. The molecule has 0 amide bonds. The van der Waals surface area contributed by atoms with Gasteiger partial charge in [-0.05, 0) is 30.6 Å². The molecule has 0 radical (unpaired) electrons. The number of nitrogens with two attached hydrogens (primary N) is 1. The molecule has 2 aromatic rings. The molecule has 2 rings (SSSR count). The van der Waals surface area contributed by atoms with Crippen molar-refractivity contribution in [3.05, 3.63) is 29.1 Å². The van der Waals surface area contributed by atoms with E-state index >= 15 is 0 Å². The minimum atomic E-state index is -0.473. The number of rotatable bonds is 3. The highest BCUT2D eigenvalue weighted by Crippen LogP contribution is 2.32. The number of hydrogen-bond acceptors (Lipinski definition) is 6. The molecule has 1 aromatic carbocycles. The van der Waals surface area contributed by atoms with Crippen LogP contribution in [0.15, 0.2) is 24.3 Å². The summed E-state index contributed by atoms with van der Waals surface area (Å²) in [6, 6.07) is 6.55. The fourth-order valence-corrected chi connectivity index (χ4v) is 2.22. The Bertz CT molecular complexity index is 580. The van der Waals surface area contributed by atoms with E-state index in [9.17, 15) is 9.90 Å². The summed E-state index contributed by atoms with van der Waals surface area (Å²) in [7, 11) is 0. The van der Waals surface area contributed by atoms with E-state index in [1.165, 1.54) is 0 Å². The smallest absolute Gasteiger partial charge is 0.352 e. The molecule has 0 spiro atoms. The van der Waals surface area contributed by atoms with Crippen molar-refractivity contribution in [1.29, 1.82) is 0 Å². The average molecular weight is 264 g/mol. The fourth-order valence-electron chi connectivity index (χ4n) is 1.50. The first-order chi connectivity index (χ1) is 8.63. The molecule has 0 atom stereocenters. The molecule has 0 fully saturated rings. The van der Waals surface area contributed by atoms with Crippen molar-refractivity contribution in [2.45, 2.75) is 6.92 Å². The van der Waals surface area contributed by atoms with Crippen molar-refractivity contribution >= 4 is 23.2 Å². The number of benzene rings is 1. The van der Waals surface area contributed by atoms with Gasteiger partial charge in [0.2, 0.25) is 0 Å². The molecule has 0 saturated carbocycles. The van der Waals surface area contributed by atoms with E-state index in [-0.39, 0.29) is 22.9 Å². The number of aromatic hydroxyl groups is 1. The highest BCUT2D eigenvalue weighted by atomic mass is 32.1. The number of ether oxygens (including phenoxy) is 1. The quantitative estimate of drug-likeness (QED) is 0.831. The van der Waals surface area contributed by atoms with Crippen molar-refractivity contribution in [2.24, 2.45) is 0 Å². The van der Waals surface area contributed by atoms with E-state index in [0.717, 1.165) is 11.5 Å². The first-order valence-corrected chi connectivity index (χ1v) is 6.12. The Morgan fingerprint density at radius 2 is 2.33 bits per heavy atom. The molecule has 5 nitrogen and oxygen atoms in total. The Kier molecular flexibility index (Phi) is 3.47. The van der Waals surface area contributed by atoms with Crippen LogP contribution in [0.25, 0.3) is 11.3 Å². The Labute approximate surface area is 108 Å². The predicted octanol–water partition coefficient (Wildman–Crippen LogP) is 2.27. The number of carbonyl (C=O) groups is 1. The number of esters is 1. The average Bonchev–Trinajstić information content (AvgIpc) is 2.71. The summed E-state index contributed by atoms with van der Waals surface area (Å²) in [4.78, 5) is 11.9.